The maximum absolute atomic E-state index is 12.3. The molecule has 0 bridgehead atoms. The molecule has 132 valence electrons. The number of amides is 1. The van der Waals surface area contributed by atoms with Crippen molar-refractivity contribution in [3.63, 3.8) is 0 Å². The molecule has 0 spiro atoms. The SMILES string of the molecule is CNc1ccc(C(=O)NCc2ccc(Oc3ccccc3)cc2)c(N)n1. The van der Waals surface area contributed by atoms with E-state index in [1.54, 1.807) is 19.2 Å². The largest absolute Gasteiger partial charge is 0.457 e. The van der Waals surface area contributed by atoms with Crippen LogP contribution in [-0.2, 0) is 6.54 Å². The zero-order valence-electron chi connectivity index (χ0n) is 14.4. The molecule has 1 heterocycles. The average Bonchev–Trinajstić information content (AvgIpc) is 2.68. The molecule has 0 saturated carbocycles. The Labute approximate surface area is 152 Å². The molecular weight excluding hydrogens is 328 g/mol. The van der Waals surface area contributed by atoms with Crippen molar-refractivity contribution in [2.45, 2.75) is 6.54 Å². The highest BCUT2D eigenvalue weighted by molar-refractivity contribution is 5.98. The van der Waals surface area contributed by atoms with Crippen LogP contribution in [0.2, 0.25) is 0 Å². The number of nitrogens with one attached hydrogen (secondary N) is 2. The molecule has 0 aliphatic rings. The van der Waals surface area contributed by atoms with Crippen molar-refractivity contribution in [2.24, 2.45) is 0 Å². The lowest BCUT2D eigenvalue weighted by Gasteiger charge is -2.09. The van der Waals surface area contributed by atoms with E-state index < -0.39 is 0 Å². The number of carbonyl (C=O) groups excluding carboxylic acids is 1. The molecule has 3 rings (SSSR count). The summed E-state index contributed by atoms with van der Waals surface area (Å²) >= 11 is 0. The van der Waals surface area contributed by atoms with Crippen molar-refractivity contribution in [1.82, 2.24) is 10.3 Å². The molecule has 0 atom stereocenters. The number of rotatable bonds is 6. The first-order valence-electron chi connectivity index (χ1n) is 8.20. The first-order chi connectivity index (χ1) is 12.7. The molecule has 1 aromatic heterocycles. The number of pyridine rings is 1. The fourth-order valence-corrected chi connectivity index (χ4v) is 2.38. The average molecular weight is 348 g/mol. The minimum absolute atomic E-state index is 0.195. The van der Waals surface area contributed by atoms with E-state index in [-0.39, 0.29) is 11.7 Å². The number of para-hydroxylation sites is 1. The molecule has 0 fully saturated rings. The Bertz CT molecular complexity index is 880. The van der Waals surface area contributed by atoms with Gasteiger partial charge in [-0.3, -0.25) is 4.79 Å². The summed E-state index contributed by atoms with van der Waals surface area (Å²) in [5, 5.41) is 5.72. The molecule has 0 radical (unpaired) electrons. The highest BCUT2D eigenvalue weighted by Gasteiger charge is 2.11. The number of nitrogen functional groups attached to an aromatic ring is 1. The van der Waals surface area contributed by atoms with Gasteiger partial charge in [0, 0.05) is 13.6 Å². The summed E-state index contributed by atoms with van der Waals surface area (Å²) in [7, 11) is 1.74. The molecule has 0 aliphatic heterocycles. The molecule has 26 heavy (non-hydrogen) atoms. The first kappa shape index (κ1) is 17.3. The lowest BCUT2D eigenvalue weighted by atomic mass is 10.2. The van der Waals surface area contributed by atoms with Gasteiger partial charge in [0.15, 0.2) is 0 Å². The van der Waals surface area contributed by atoms with Gasteiger partial charge in [-0.1, -0.05) is 30.3 Å². The van der Waals surface area contributed by atoms with Crippen molar-refractivity contribution in [1.29, 1.82) is 0 Å². The van der Waals surface area contributed by atoms with Gasteiger partial charge in [0.1, 0.15) is 23.1 Å². The standard InChI is InChI=1S/C20H20N4O2/c1-22-18-12-11-17(19(21)24-18)20(25)23-13-14-7-9-16(10-8-14)26-15-5-3-2-4-6-15/h2-12H,13H2,1H3,(H,23,25)(H3,21,22,24). The van der Waals surface area contributed by atoms with E-state index in [1.807, 2.05) is 54.6 Å². The fourth-order valence-electron chi connectivity index (χ4n) is 2.38. The van der Waals surface area contributed by atoms with Crippen LogP contribution in [0.5, 0.6) is 11.5 Å². The number of aromatic nitrogens is 1. The van der Waals surface area contributed by atoms with E-state index in [9.17, 15) is 4.79 Å². The van der Waals surface area contributed by atoms with Gasteiger partial charge in [-0.2, -0.15) is 0 Å². The van der Waals surface area contributed by atoms with Gasteiger partial charge in [0.05, 0.1) is 5.56 Å². The van der Waals surface area contributed by atoms with Crippen LogP contribution in [0.4, 0.5) is 11.6 Å². The third-order valence-corrected chi connectivity index (χ3v) is 3.78. The summed E-state index contributed by atoms with van der Waals surface area (Å²) in [6, 6.07) is 20.5. The van der Waals surface area contributed by atoms with Crippen LogP contribution >= 0.6 is 0 Å². The molecule has 0 saturated heterocycles. The highest BCUT2D eigenvalue weighted by Crippen LogP contribution is 2.21. The molecule has 6 nitrogen and oxygen atoms in total. The quantitative estimate of drug-likeness (QED) is 0.635. The van der Waals surface area contributed by atoms with E-state index in [0.29, 0.717) is 17.9 Å². The van der Waals surface area contributed by atoms with Crippen LogP contribution in [0, 0.1) is 0 Å². The van der Waals surface area contributed by atoms with Crippen molar-refractivity contribution >= 4 is 17.5 Å². The van der Waals surface area contributed by atoms with Crippen molar-refractivity contribution < 1.29 is 9.53 Å². The van der Waals surface area contributed by atoms with Gasteiger partial charge in [-0.15, -0.1) is 0 Å². The molecule has 0 aliphatic carbocycles. The van der Waals surface area contributed by atoms with Crippen LogP contribution in [0.25, 0.3) is 0 Å². The summed E-state index contributed by atoms with van der Waals surface area (Å²) in [5.74, 6) is 2.07. The number of nitrogens with zero attached hydrogens (tertiary/aromatic N) is 1. The van der Waals surface area contributed by atoms with E-state index in [4.69, 9.17) is 10.5 Å². The van der Waals surface area contributed by atoms with Crippen LogP contribution in [0.1, 0.15) is 15.9 Å². The van der Waals surface area contributed by atoms with Crippen LogP contribution in [0.15, 0.2) is 66.7 Å². The predicted molar refractivity (Wildman–Crippen MR) is 102 cm³/mol. The summed E-state index contributed by atoms with van der Waals surface area (Å²) in [6.07, 6.45) is 0. The maximum atomic E-state index is 12.3. The van der Waals surface area contributed by atoms with E-state index in [1.165, 1.54) is 0 Å². The Kier molecular flexibility index (Phi) is 5.34. The van der Waals surface area contributed by atoms with Crippen LogP contribution in [-0.4, -0.2) is 17.9 Å². The van der Waals surface area contributed by atoms with Crippen LogP contribution in [0.3, 0.4) is 0 Å². The van der Waals surface area contributed by atoms with E-state index >= 15 is 0 Å². The Morgan fingerprint density at radius 1 is 1.00 bits per heavy atom. The number of anilines is 2. The van der Waals surface area contributed by atoms with Gasteiger partial charge in [-0.05, 0) is 42.0 Å². The number of benzene rings is 2. The Morgan fingerprint density at radius 2 is 1.69 bits per heavy atom. The number of ether oxygens (including phenoxy) is 1. The normalized spacial score (nSPS) is 10.2. The third kappa shape index (κ3) is 4.30. The van der Waals surface area contributed by atoms with Crippen LogP contribution < -0.4 is 21.1 Å². The highest BCUT2D eigenvalue weighted by atomic mass is 16.5. The number of hydrogen-bond donors (Lipinski definition) is 3. The number of hydrogen-bond acceptors (Lipinski definition) is 5. The van der Waals surface area contributed by atoms with Gasteiger partial charge in [0.2, 0.25) is 0 Å². The summed E-state index contributed by atoms with van der Waals surface area (Å²) in [6.45, 7) is 0.387. The molecular formula is C20H20N4O2. The zero-order valence-corrected chi connectivity index (χ0v) is 14.4. The van der Waals surface area contributed by atoms with Crippen molar-refractivity contribution in [3.8, 4) is 11.5 Å². The smallest absolute Gasteiger partial charge is 0.255 e. The molecule has 1 amide bonds. The lowest BCUT2D eigenvalue weighted by Crippen LogP contribution is -2.24. The Balaban J connectivity index is 1.58. The summed E-state index contributed by atoms with van der Waals surface area (Å²) < 4.78 is 5.75. The first-order valence-corrected chi connectivity index (χ1v) is 8.20. The predicted octanol–water partition coefficient (Wildman–Crippen LogP) is 3.43. The monoisotopic (exact) mass is 348 g/mol. The second-order valence-electron chi connectivity index (χ2n) is 5.62. The molecule has 2 aromatic carbocycles. The third-order valence-electron chi connectivity index (χ3n) is 3.78. The Hall–Kier alpha value is -3.54. The molecule has 0 unspecified atom stereocenters. The molecule has 6 heteroatoms. The van der Waals surface area contributed by atoms with E-state index in [0.717, 1.165) is 17.1 Å². The number of nitrogens with two attached hydrogens (primary N) is 1. The minimum Gasteiger partial charge on any atom is -0.457 e. The fraction of sp³-hybridized carbons (Fsp3) is 0.100. The van der Waals surface area contributed by atoms with Gasteiger partial charge in [0.25, 0.3) is 5.91 Å². The van der Waals surface area contributed by atoms with E-state index in [2.05, 4.69) is 15.6 Å². The topological polar surface area (TPSA) is 89.3 Å². The van der Waals surface area contributed by atoms with Crippen molar-refractivity contribution in [3.05, 3.63) is 77.9 Å². The molecule has 3 aromatic rings. The number of carbonyl (C=O) groups is 1. The second kappa shape index (κ2) is 8.02. The Morgan fingerprint density at radius 3 is 2.35 bits per heavy atom. The summed E-state index contributed by atoms with van der Waals surface area (Å²) in [4.78, 5) is 16.4. The van der Waals surface area contributed by atoms with Crippen molar-refractivity contribution in [2.75, 3.05) is 18.1 Å². The second-order valence-corrected chi connectivity index (χ2v) is 5.62. The summed E-state index contributed by atoms with van der Waals surface area (Å²) in [5.41, 5.74) is 7.14. The zero-order chi connectivity index (χ0) is 18.4. The maximum Gasteiger partial charge on any atom is 0.255 e. The lowest BCUT2D eigenvalue weighted by molar-refractivity contribution is 0.0951. The van der Waals surface area contributed by atoms with Gasteiger partial charge in [-0.25, -0.2) is 4.98 Å². The van der Waals surface area contributed by atoms with Gasteiger partial charge < -0.3 is 21.1 Å². The molecule has 4 N–H and O–H groups in total. The minimum atomic E-state index is -0.262. The van der Waals surface area contributed by atoms with Gasteiger partial charge >= 0.3 is 0 Å².